The monoisotopic (exact) mass is 291 g/mol. The molecule has 1 aliphatic rings. The Morgan fingerprint density at radius 1 is 1.62 bits per heavy atom. The molecule has 2 rings (SSSR count). The van der Waals surface area contributed by atoms with Crippen LogP contribution in [0.4, 0.5) is 11.4 Å². The van der Waals surface area contributed by atoms with E-state index in [1.54, 1.807) is 0 Å². The first kappa shape index (κ1) is 14.7. The van der Waals surface area contributed by atoms with Crippen molar-refractivity contribution in [3.63, 3.8) is 0 Å². The van der Waals surface area contributed by atoms with Crippen molar-refractivity contribution in [2.24, 2.45) is 0 Å². The molecule has 1 aromatic carbocycles. The highest BCUT2D eigenvalue weighted by Gasteiger charge is 2.39. The van der Waals surface area contributed by atoms with E-state index in [1.807, 2.05) is 6.07 Å². The lowest BCUT2D eigenvalue weighted by molar-refractivity contribution is -0.384. The number of anilines is 1. The number of hydrogen-bond acceptors (Lipinski definition) is 6. The first-order valence-corrected chi connectivity index (χ1v) is 6.18. The third-order valence-electron chi connectivity index (χ3n) is 3.49. The third kappa shape index (κ3) is 2.78. The third-order valence-corrected chi connectivity index (χ3v) is 3.49. The van der Waals surface area contributed by atoms with Crippen molar-refractivity contribution in [2.75, 3.05) is 18.6 Å². The number of nitrogens with zero attached hydrogens (tertiary/aromatic N) is 3. The molecule has 0 saturated carbocycles. The van der Waals surface area contributed by atoms with Crippen LogP contribution in [0.5, 0.6) is 0 Å². The number of carboxylic acids is 1. The van der Waals surface area contributed by atoms with E-state index in [1.165, 1.54) is 24.1 Å². The molecule has 2 atom stereocenters. The maximum atomic E-state index is 11.3. The van der Waals surface area contributed by atoms with Crippen LogP contribution >= 0.6 is 0 Å². The van der Waals surface area contributed by atoms with Crippen LogP contribution in [0.2, 0.25) is 0 Å². The Morgan fingerprint density at radius 3 is 2.86 bits per heavy atom. The number of nitriles is 1. The Morgan fingerprint density at radius 2 is 2.33 bits per heavy atom. The second-order valence-electron chi connectivity index (χ2n) is 4.67. The fraction of sp³-hybridized carbons (Fsp3) is 0.385. The van der Waals surface area contributed by atoms with Crippen molar-refractivity contribution in [3.8, 4) is 6.07 Å². The number of benzene rings is 1. The van der Waals surface area contributed by atoms with E-state index >= 15 is 0 Å². The summed E-state index contributed by atoms with van der Waals surface area (Å²) in [6.07, 6.45) is -0.0513. The minimum atomic E-state index is -1.06. The van der Waals surface area contributed by atoms with Crippen LogP contribution in [-0.2, 0) is 9.53 Å². The number of rotatable bonds is 4. The standard InChI is InChI=1S/C13H13N3O5/c1-21-9-5-12(13(17)18)15(7-9)10-3-2-8(6-14)4-11(10)16(19)20/h2-4,9,12H,5,7H2,1H3,(H,17,18). The molecule has 1 aromatic rings. The van der Waals surface area contributed by atoms with Gasteiger partial charge in [-0.05, 0) is 12.1 Å². The molecule has 2 unspecified atom stereocenters. The quantitative estimate of drug-likeness (QED) is 0.653. The summed E-state index contributed by atoms with van der Waals surface area (Å²) in [5, 5.41) is 29.3. The van der Waals surface area contributed by atoms with Crippen molar-refractivity contribution in [1.29, 1.82) is 5.26 Å². The van der Waals surface area contributed by atoms with Crippen LogP contribution in [0.3, 0.4) is 0 Å². The van der Waals surface area contributed by atoms with Gasteiger partial charge in [0.05, 0.1) is 22.7 Å². The second-order valence-corrected chi connectivity index (χ2v) is 4.67. The van der Waals surface area contributed by atoms with Gasteiger partial charge in [0, 0.05) is 26.1 Å². The van der Waals surface area contributed by atoms with Gasteiger partial charge in [-0.25, -0.2) is 4.79 Å². The van der Waals surface area contributed by atoms with Crippen molar-refractivity contribution < 1.29 is 19.6 Å². The molecule has 0 bridgehead atoms. The molecule has 0 radical (unpaired) electrons. The smallest absolute Gasteiger partial charge is 0.326 e. The molecule has 0 spiro atoms. The summed E-state index contributed by atoms with van der Waals surface area (Å²) in [6, 6.07) is 4.93. The van der Waals surface area contributed by atoms with Crippen LogP contribution in [0.25, 0.3) is 0 Å². The fourth-order valence-electron chi connectivity index (χ4n) is 2.45. The average Bonchev–Trinajstić information content (AvgIpc) is 2.90. The predicted molar refractivity (Wildman–Crippen MR) is 72.0 cm³/mol. The Bertz CT molecular complexity index is 625. The molecule has 8 nitrogen and oxygen atoms in total. The van der Waals surface area contributed by atoms with E-state index in [2.05, 4.69) is 0 Å². The molecule has 1 saturated heterocycles. The minimum absolute atomic E-state index is 0.153. The maximum Gasteiger partial charge on any atom is 0.326 e. The van der Waals surface area contributed by atoms with Gasteiger partial charge in [0.1, 0.15) is 11.7 Å². The van der Waals surface area contributed by atoms with Gasteiger partial charge >= 0.3 is 5.97 Å². The molecule has 0 amide bonds. The van der Waals surface area contributed by atoms with E-state index < -0.39 is 16.9 Å². The summed E-state index contributed by atoms with van der Waals surface area (Å²) in [5.41, 5.74) is 0.0582. The highest BCUT2D eigenvalue weighted by Crippen LogP contribution is 2.35. The summed E-state index contributed by atoms with van der Waals surface area (Å²) in [7, 11) is 1.47. The topological polar surface area (TPSA) is 117 Å². The minimum Gasteiger partial charge on any atom is -0.480 e. The zero-order valence-corrected chi connectivity index (χ0v) is 11.2. The van der Waals surface area contributed by atoms with Crippen LogP contribution in [0.1, 0.15) is 12.0 Å². The van der Waals surface area contributed by atoms with E-state index in [0.29, 0.717) is 0 Å². The lowest BCUT2D eigenvalue weighted by Crippen LogP contribution is -2.36. The van der Waals surface area contributed by atoms with E-state index in [-0.39, 0.29) is 36.0 Å². The number of carbonyl (C=O) groups is 1. The lowest BCUT2D eigenvalue weighted by Gasteiger charge is -2.23. The number of hydrogen-bond donors (Lipinski definition) is 1. The molecule has 21 heavy (non-hydrogen) atoms. The molecule has 1 heterocycles. The normalized spacial score (nSPS) is 21.0. The first-order chi connectivity index (χ1) is 9.97. The van der Waals surface area contributed by atoms with Crippen molar-refractivity contribution >= 4 is 17.3 Å². The van der Waals surface area contributed by atoms with Crippen molar-refractivity contribution in [2.45, 2.75) is 18.6 Å². The number of ether oxygens (including phenoxy) is 1. The second kappa shape index (κ2) is 5.76. The van der Waals surface area contributed by atoms with Gasteiger partial charge < -0.3 is 14.7 Å². The number of nitro groups is 1. The molecule has 1 N–H and O–H groups in total. The van der Waals surface area contributed by atoms with Gasteiger partial charge in [0.25, 0.3) is 5.69 Å². The van der Waals surface area contributed by atoms with E-state index in [4.69, 9.17) is 10.00 Å². The van der Waals surface area contributed by atoms with Crippen LogP contribution in [0.15, 0.2) is 18.2 Å². The lowest BCUT2D eigenvalue weighted by atomic mass is 10.1. The SMILES string of the molecule is COC1CC(C(=O)O)N(c2ccc(C#N)cc2[N+](=O)[O-])C1. The van der Waals surface area contributed by atoms with Crippen LogP contribution in [-0.4, -0.2) is 41.8 Å². The van der Waals surface area contributed by atoms with Gasteiger partial charge in [-0.3, -0.25) is 10.1 Å². The van der Waals surface area contributed by atoms with Gasteiger partial charge in [0.2, 0.25) is 0 Å². The maximum absolute atomic E-state index is 11.3. The fourth-order valence-corrected chi connectivity index (χ4v) is 2.45. The summed E-state index contributed by atoms with van der Waals surface area (Å²) in [5.74, 6) is -1.06. The van der Waals surface area contributed by atoms with Gasteiger partial charge in [-0.1, -0.05) is 0 Å². The van der Waals surface area contributed by atoms with E-state index in [0.717, 1.165) is 6.07 Å². The molecule has 0 aromatic heterocycles. The van der Waals surface area contributed by atoms with Crippen molar-refractivity contribution in [3.05, 3.63) is 33.9 Å². The van der Waals surface area contributed by atoms with Crippen LogP contribution < -0.4 is 4.90 Å². The van der Waals surface area contributed by atoms with Crippen LogP contribution in [0, 0.1) is 21.4 Å². The highest BCUT2D eigenvalue weighted by molar-refractivity contribution is 5.81. The Kier molecular flexibility index (Phi) is 4.05. The van der Waals surface area contributed by atoms with Gasteiger partial charge in [-0.15, -0.1) is 0 Å². The molecule has 1 fully saturated rings. The zero-order chi connectivity index (χ0) is 15.6. The number of methoxy groups -OCH3 is 1. The number of aliphatic carboxylic acids is 1. The summed E-state index contributed by atoms with van der Waals surface area (Å²) in [6.45, 7) is 0.250. The summed E-state index contributed by atoms with van der Waals surface area (Å²) >= 11 is 0. The summed E-state index contributed by atoms with van der Waals surface area (Å²) in [4.78, 5) is 23.3. The molecule has 110 valence electrons. The molecule has 1 aliphatic heterocycles. The number of carboxylic acid groups (broad SMARTS) is 1. The van der Waals surface area contributed by atoms with E-state index in [9.17, 15) is 20.0 Å². The molecular formula is C13H13N3O5. The molecular weight excluding hydrogens is 278 g/mol. The molecule has 0 aliphatic carbocycles. The largest absolute Gasteiger partial charge is 0.480 e. The zero-order valence-electron chi connectivity index (χ0n) is 11.2. The predicted octanol–water partition coefficient (Wildman–Crippen LogP) is 1.14. The van der Waals surface area contributed by atoms with Gasteiger partial charge in [0.15, 0.2) is 0 Å². The van der Waals surface area contributed by atoms with Gasteiger partial charge in [-0.2, -0.15) is 5.26 Å². The Hall–Kier alpha value is -2.66. The molecule has 8 heteroatoms. The average molecular weight is 291 g/mol. The number of nitro benzene ring substituents is 1. The Labute approximate surface area is 120 Å². The summed E-state index contributed by atoms with van der Waals surface area (Å²) < 4.78 is 5.16. The first-order valence-electron chi connectivity index (χ1n) is 6.18. The van der Waals surface area contributed by atoms with Crippen molar-refractivity contribution in [1.82, 2.24) is 0 Å². The Balaban J connectivity index is 2.47. The highest BCUT2D eigenvalue weighted by atomic mass is 16.6.